The molecule has 1 unspecified atom stereocenters. The third-order valence-electron chi connectivity index (χ3n) is 2.43. The summed E-state index contributed by atoms with van der Waals surface area (Å²) in [5.74, 6) is 0. The monoisotopic (exact) mass is 215 g/mol. The fourth-order valence-corrected chi connectivity index (χ4v) is 2.11. The van der Waals surface area contributed by atoms with Gasteiger partial charge in [-0.25, -0.2) is 0 Å². The molecule has 13 heavy (non-hydrogen) atoms. The second kappa shape index (κ2) is 3.39. The van der Waals surface area contributed by atoms with Gasteiger partial charge in [0.1, 0.15) is 0 Å². The van der Waals surface area contributed by atoms with Crippen molar-refractivity contribution in [2.24, 2.45) is 0 Å². The molecule has 1 aromatic carbocycles. The third kappa shape index (κ3) is 1.63. The molecule has 1 atom stereocenters. The second-order valence-corrected chi connectivity index (χ2v) is 4.26. The van der Waals surface area contributed by atoms with E-state index in [1.165, 1.54) is 0 Å². The number of nitrogens with one attached hydrogen (secondary N) is 1. The quantitative estimate of drug-likeness (QED) is 0.696. The maximum atomic E-state index is 6.09. The molecule has 70 valence electrons. The molecular weight excluding hydrogens is 205 g/mol. The van der Waals surface area contributed by atoms with Crippen LogP contribution < -0.4 is 5.32 Å². The van der Waals surface area contributed by atoms with Crippen LogP contribution in [0.15, 0.2) is 12.1 Å². The first-order chi connectivity index (χ1) is 6.18. The molecule has 0 aromatic heterocycles. The van der Waals surface area contributed by atoms with Crippen molar-refractivity contribution in [2.75, 3.05) is 5.32 Å². The Morgan fingerprint density at radius 2 is 2.15 bits per heavy atom. The number of hydrogen-bond donors (Lipinski definition) is 1. The van der Waals surface area contributed by atoms with Crippen LogP contribution in [0.2, 0.25) is 10.0 Å². The number of benzene rings is 1. The van der Waals surface area contributed by atoms with Crippen molar-refractivity contribution in [3.05, 3.63) is 27.7 Å². The van der Waals surface area contributed by atoms with Crippen molar-refractivity contribution >= 4 is 28.9 Å². The van der Waals surface area contributed by atoms with Crippen LogP contribution in [0.25, 0.3) is 0 Å². The summed E-state index contributed by atoms with van der Waals surface area (Å²) in [7, 11) is 0. The van der Waals surface area contributed by atoms with E-state index in [1.54, 1.807) is 0 Å². The van der Waals surface area contributed by atoms with E-state index in [2.05, 4.69) is 12.2 Å². The lowest BCUT2D eigenvalue weighted by Gasteiger charge is -2.25. The Kier molecular flexibility index (Phi) is 2.39. The van der Waals surface area contributed by atoms with Gasteiger partial charge in [-0.3, -0.25) is 0 Å². The Labute approximate surface area is 88.0 Å². The summed E-state index contributed by atoms with van der Waals surface area (Å²) >= 11 is 12.0. The predicted octanol–water partition coefficient (Wildman–Crippen LogP) is 3.74. The Bertz CT molecular complexity index is 336. The highest BCUT2D eigenvalue weighted by molar-refractivity contribution is 6.42. The molecule has 1 N–H and O–H groups in total. The average molecular weight is 216 g/mol. The fourth-order valence-electron chi connectivity index (χ4n) is 1.67. The highest BCUT2D eigenvalue weighted by Crippen LogP contribution is 2.35. The van der Waals surface area contributed by atoms with Crippen molar-refractivity contribution in [3.63, 3.8) is 0 Å². The van der Waals surface area contributed by atoms with Crippen molar-refractivity contribution in [2.45, 2.75) is 25.8 Å². The van der Waals surface area contributed by atoms with E-state index in [0.717, 1.165) is 24.1 Å². The summed E-state index contributed by atoms with van der Waals surface area (Å²) in [5, 5.41) is 4.74. The maximum absolute atomic E-state index is 6.09. The Morgan fingerprint density at radius 1 is 1.38 bits per heavy atom. The van der Waals surface area contributed by atoms with Crippen LogP contribution in [-0.4, -0.2) is 6.04 Å². The van der Waals surface area contributed by atoms with Crippen LogP contribution in [0.1, 0.15) is 18.9 Å². The molecule has 0 spiro atoms. The van der Waals surface area contributed by atoms with Gasteiger partial charge in [0.05, 0.1) is 10.0 Å². The van der Waals surface area contributed by atoms with Crippen molar-refractivity contribution in [1.82, 2.24) is 0 Å². The largest absolute Gasteiger partial charge is 0.382 e. The summed E-state index contributed by atoms with van der Waals surface area (Å²) in [6.45, 7) is 2.17. The van der Waals surface area contributed by atoms with Crippen molar-refractivity contribution < 1.29 is 0 Å². The molecule has 0 bridgehead atoms. The minimum Gasteiger partial charge on any atom is -0.382 e. The first-order valence-corrected chi connectivity index (χ1v) is 5.17. The molecule has 3 heteroatoms. The molecule has 1 nitrogen and oxygen atoms in total. The lowest BCUT2D eigenvalue weighted by molar-refractivity contribution is 0.681. The first-order valence-electron chi connectivity index (χ1n) is 4.42. The molecule has 1 aliphatic heterocycles. The first kappa shape index (κ1) is 9.17. The Balaban J connectivity index is 2.47. The summed E-state index contributed by atoms with van der Waals surface area (Å²) in [6, 6.07) is 4.37. The number of halogens is 2. The molecule has 0 saturated heterocycles. The summed E-state index contributed by atoms with van der Waals surface area (Å²) in [6.07, 6.45) is 2.13. The number of hydrogen-bond acceptors (Lipinski definition) is 1. The zero-order valence-corrected chi connectivity index (χ0v) is 8.91. The smallest absolute Gasteiger partial charge is 0.0644 e. The molecule has 2 rings (SSSR count). The molecule has 0 saturated carbocycles. The molecule has 1 aromatic rings. The zero-order chi connectivity index (χ0) is 9.42. The molecule has 1 aliphatic rings. The van der Waals surface area contributed by atoms with Crippen LogP contribution >= 0.6 is 23.2 Å². The Hall–Kier alpha value is -0.400. The maximum Gasteiger partial charge on any atom is 0.0644 e. The fraction of sp³-hybridized carbons (Fsp3) is 0.400. The zero-order valence-electron chi connectivity index (χ0n) is 7.40. The van der Waals surface area contributed by atoms with Gasteiger partial charge in [0.15, 0.2) is 0 Å². The van der Waals surface area contributed by atoms with E-state index >= 15 is 0 Å². The third-order valence-corrected chi connectivity index (χ3v) is 3.27. The van der Waals surface area contributed by atoms with E-state index in [0.29, 0.717) is 16.1 Å². The SMILES string of the molecule is CC1CCc2c(ccc(Cl)c2Cl)N1. The molecule has 1 heterocycles. The topological polar surface area (TPSA) is 12.0 Å². The van der Waals surface area contributed by atoms with Gasteiger partial charge < -0.3 is 5.32 Å². The van der Waals surface area contributed by atoms with Crippen LogP contribution in [0.3, 0.4) is 0 Å². The van der Waals surface area contributed by atoms with Gasteiger partial charge in [-0.05, 0) is 37.5 Å². The minimum absolute atomic E-state index is 0.532. The second-order valence-electron chi connectivity index (χ2n) is 3.47. The number of rotatable bonds is 0. The minimum atomic E-state index is 0.532. The van der Waals surface area contributed by atoms with Crippen LogP contribution in [-0.2, 0) is 6.42 Å². The van der Waals surface area contributed by atoms with Gasteiger partial charge in [0.25, 0.3) is 0 Å². The van der Waals surface area contributed by atoms with Gasteiger partial charge in [-0.2, -0.15) is 0 Å². The standard InChI is InChI=1S/C10H11Cl2N/c1-6-2-3-7-9(13-6)5-4-8(11)10(7)12/h4-6,13H,2-3H2,1H3. The summed E-state index contributed by atoms with van der Waals surface area (Å²) in [4.78, 5) is 0. The van der Waals surface area contributed by atoms with E-state index < -0.39 is 0 Å². The summed E-state index contributed by atoms with van der Waals surface area (Å²) in [5.41, 5.74) is 2.29. The lowest BCUT2D eigenvalue weighted by atomic mass is 9.99. The number of fused-ring (bicyclic) bond motifs is 1. The molecule has 0 aliphatic carbocycles. The van der Waals surface area contributed by atoms with Crippen LogP contribution in [0.5, 0.6) is 0 Å². The molecule has 0 fully saturated rings. The normalized spacial score (nSPS) is 20.7. The summed E-state index contributed by atoms with van der Waals surface area (Å²) < 4.78 is 0. The van der Waals surface area contributed by atoms with Crippen molar-refractivity contribution in [3.8, 4) is 0 Å². The molecule has 0 radical (unpaired) electrons. The lowest BCUT2D eigenvalue weighted by Crippen LogP contribution is -2.22. The van der Waals surface area contributed by atoms with E-state index in [1.807, 2.05) is 12.1 Å². The Morgan fingerprint density at radius 3 is 2.92 bits per heavy atom. The van der Waals surface area contributed by atoms with Crippen LogP contribution in [0.4, 0.5) is 5.69 Å². The van der Waals surface area contributed by atoms with Gasteiger partial charge in [-0.1, -0.05) is 23.2 Å². The number of anilines is 1. The van der Waals surface area contributed by atoms with Gasteiger partial charge in [-0.15, -0.1) is 0 Å². The van der Waals surface area contributed by atoms with Crippen molar-refractivity contribution in [1.29, 1.82) is 0 Å². The average Bonchev–Trinajstić information content (AvgIpc) is 2.12. The van der Waals surface area contributed by atoms with Gasteiger partial charge >= 0.3 is 0 Å². The van der Waals surface area contributed by atoms with E-state index in [-0.39, 0.29) is 0 Å². The predicted molar refractivity (Wildman–Crippen MR) is 57.9 cm³/mol. The van der Waals surface area contributed by atoms with Crippen LogP contribution in [0, 0.1) is 0 Å². The molecule has 0 amide bonds. The molecular formula is C10H11Cl2N. The highest BCUT2D eigenvalue weighted by atomic mass is 35.5. The highest BCUT2D eigenvalue weighted by Gasteiger charge is 2.17. The van der Waals surface area contributed by atoms with Gasteiger partial charge in [0, 0.05) is 11.7 Å². The van der Waals surface area contributed by atoms with E-state index in [9.17, 15) is 0 Å². The van der Waals surface area contributed by atoms with E-state index in [4.69, 9.17) is 23.2 Å². The van der Waals surface area contributed by atoms with Gasteiger partial charge in [0.2, 0.25) is 0 Å².